The van der Waals surface area contributed by atoms with Gasteiger partial charge in [0.1, 0.15) is 24.0 Å². The molecule has 2 rings (SSSR count). The molecule has 1 aromatic heterocycles. The fraction of sp³-hybridized carbons (Fsp3) is 0.333. The minimum Gasteiger partial charge on any atom is -0.489 e. The van der Waals surface area contributed by atoms with Gasteiger partial charge in [-0.15, -0.1) is 0 Å². The molecule has 0 bridgehead atoms. The average Bonchev–Trinajstić information content (AvgIpc) is 2.85. The van der Waals surface area contributed by atoms with Crippen LogP contribution >= 0.6 is 0 Å². The predicted octanol–water partition coefficient (Wildman–Crippen LogP) is 2.72. The topological polar surface area (TPSA) is 88.8 Å². The van der Waals surface area contributed by atoms with Gasteiger partial charge in [-0.25, -0.2) is 0 Å². The average molecular weight is 331 g/mol. The monoisotopic (exact) mass is 331 g/mol. The number of amides is 1. The lowest BCUT2D eigenvalue weighted by molar-refractivity contribution is -0.136. The molecule has 24 heavy (non-hydrogen) atoms. The van der Waals surface area contributed by atoms with Crippen LogP contribution in [0.25, 0.3) is 0 Å². The zero-order valence-electron chi connectivity index (χ0n) is 14.0. The number of carboxylic acids is 1. The Balaban J connectivity index is 1.95. The van der Waals surface area contributed by atoms with E-state index in [1.807, 2.05) is 38.1 Å². The lowest BCUT2D eigenvalue weighted by atomic mass is 10.1. The number of aliphatic carboxylic acids is 1. The molecule has 1 atom stereocenters. The third-order valence-corrected chi connectivity index (χ3v) is 3.47. The fourth-order valence-corrected chi connectivity index (χ4v) is 2.36. The molecule has 1 heterocycles. The number of hydrogen-bond acceptors (Lipinski definition) is 4. The Morgan fingerprint density at radius 3 is 2.75 bits per heavy atom. The van der Waals surface area contributed by atoms with Crippen molar-refractivity contribution in [1.82, 2.24) is 5.32 Å². The summed E-state index contributed by atoms with van der Waals surface area (Å²) >= 11 is 0. The van der Waals surface area contributed by atoms with E-state index in [2.05, 4.69) is 5.32 Å². The first-order valence-corrected chi connectivity index (χ1v) is 7.67. The van der Waals surface area contributed by atoms with Crippen molar-refractivity contribution in [3.05, 3.63) is 53.0 Å². The molecule has 2 N–H and O–H groups in total. The first-order chi connectivity index (χ1) is 11.4. The van der Waals surface area contributed by atoms with Crippen molar-refractivity contribution in [3.8, 4) is 5.75 Å². The second-order valence-electron chi connectivity index (χ2n) is 5.74. The fourth-order valence-electron chi connectivity index (χ4n) is 2.36. The zero-order chi connectivity index (χ0) is 17.7. The molecule has 0 spiro atoms. The number of aryl methyl sites for hydroxylation is 2. The molecule has 2 aromatic rings. The Bertz CT molecular complexity index is 735. The Labute approximate surface area is 140 Å². The van der Waals surface area contributed by atoms with Crippen molar-refractivity contribution in [2.24, 2.45) is 0 Å². The van der Waals surface area contributed by atoms with Crippen molar-refractivity contribution in [1.29, 1.82) is 0 Å². The predicted molar refractivity (Wildman–Crippen MR) is 88.4 cm³/mol. The number of rotatable bonds is 7. The molecule has 0 aliphatic carbocycles. The smallest absolute Gasteiger partial charge is 0.311 e. The minimum absolute atomic E-state index is 0.157. The number of hydrogen-bond donors (Lipinski definition) is 2. The Hall–Kier alpha value is -2.76. The molecule has 6 nitrogen and oxygen atoms in total. The van der Waals surface area contributed by atoms with E-state index in [-0.39, 0.29) is 29.8 Å². The number of carbonyl (C=O) groups excluding carboxylic acids is 1. The molecule has 0 fully saturated rings. The highest BCUT2D eigenvalue weighted by Crippen LogP contribution is 2.18. The Morgan fingerprint density at radius 2 is 2.08 bits per heavy atom. The highest BCUT2D eigenvalue weighted by molar-refractivity contribution is 5.97. The molecular formula is C18H21NO5. The molecule has 0 saturated carbocycles. The van der Waals surface area contributed by atoms with Gasteiger partial charge in [-0.2, -0.15) is 0 Å². The summed E-state index contributed by atoms with van der Waals surface area (Å²) in [5.41, 5.74) is 1.98. The summed E-state index contributed by atoms with van der Waals surface area (Å²) in [6.07, 6.45) is 0.831. The van der Waals surface area contributed by atoms with Crippen molar-refractivity contribution in [2.45, 2.75) is 33.3 Å². The van der Waals surface area contributed by atoms with Gasteiger partial charge in [0.15, 0.2) is 0 Å². The summed E-state index contributed by atoms with van der Waals surface area (Å²) in [5, 5.41) is 11.6. The normalized spacial score (nSPS) is 11.8. The van der Waals surface area contributed by atoms with Gasteiger partial charge in [0.05, 0.1) is 18.4 Å². The highest BCUT2D eigenvalue weighted by Gasteiger charge is 2.20. The second kappa shape index (κ2) is 7.68. The molecule has 0 aliphatic rings. The quantitative estimate of drug-likeness (QED) is 0.814. The summed E-state index contributed by atoms with van der Waals surface area (Å²) in [7, 11) is 0. The molecule has 0 aliphatic heterocycles. The van der Waals surface area contributed by atoms with Crippen LogP contribution in [0.1, 0.15) is 34.2 Å². The van der Waals surface area contributed by atoms with Gasteiger partial charge in [-0.1, -0.05) is 12.1 Å². The van der Waals surface area contributed by atoms with E-state index < -0.39 is 5.97 Å². The molecule has 0 radical (unpaired) electrons. The Kier molecular flexibility index (Phi) is 5.63. The van der Waals surface area contributed by atoms with Crippen LogP contribution in [0.2, 0.25) is 0 Å². The number of carbonyl (C=O) groups is 2. The minimum atomic E-state index is -1.05. The maximum absolute atomic E-state index is 12.3. The van der Waals surface area contributed by atoms with Crippen molar-refractivity contribution in [2.75, 3.05) is 6.54 Å². The number of furan rings is 1. The van der Waals surface area contributed by atoms with Crippen LogP contribution in [0.15, 0.2) is 34.9 Å². The van der Waals surface area contributed by atoms with Crippen LogP contribution in [0.4, 0.5) is 0 Å². The Morgan fingerprint density at radius 1 is 1.33 bits per heavy atom. The van der Waals surface area contributed by atoms with E-state index in [1.165, 1.54) is 6.26 Å². The van der Waals surface area contributed by atoms with Gasteiger partial charge in [0.25, 0.3) is 5.91 Å². The number of ether oxygens (including phenoxy) is 1. The molecule has 0 saturated heterocycles. The first-order valence-electron chi connectivity index (χ1n) is 7.67. The van der Waals surface area contributed by atoms with Crippen LogP contribution < -0.4 is 10.1 Å². The number of nitrogens with one attached hydrogen (secondary N) is 1. The van der Waals surface area contributed by atoms with Gasteiger partial charge in [-0.3, -0.25) is 9.59 Å². The number of carboxylic acid groups (broad SMARTS) is 1. The van der Waals surface area contributed by atoms with Gasteiger partial charge >= 0.3 is 5.97 Å². The number of benzene rings is 1. The van der Waals surface area contributed by atoms with E-state index in [1.54, 1.807) is 6.92 Å². The molecular weight excluding hydrogens is 310 g/mol. The van der Waals surface area contributed by atoms with Crippen molar-refractivity contribution < 1.29 is 23.8 Å². The maximum atomic E-state index is 12.3. The van der Waals surface area contributed by atoms with Crippen molar-refractivity contribution >= 4 is 11.9 Å². The summed E-state index contributed by atoms with van der Waals surface area (Å²) in [5.74, 6) is -0.515. The van der Waals surface area contributed by atoms with E-state index in [0.717, 1.165) is 11.3 Å². The lowest BCUT2D eigenvalue weighted by Gasteiger charge is -2.16. The van der Waals surface area contributed by atoms with Crippen LogP contribution in [0.3, 0.4) is 0 Å². The van der Waals surface area contributed by atoms with E-state index in [4.69, 9.17) is 14.3 Å². The molecule has 128 valence electrons. The van der Waals surface area contributed by atoms with Crippen molar-refractivity contribution in [3.63, 3.8) is 0 Å². The van der Waals surface area contributed by atoms with Crippen LogP contribution in [0, 0.1) is 13.8 Å². The van der Waals surface area contributed by atoms with Gasteiger partial charge in [-0.05, 0) is 38.5 Å². The van der Waals surface area contributed by atoms with Crippen LogP contribution in [-0.4, -0.2) is 29.6 Å². The lowest BCUT2D eigenvalue weighted by Crippen LogP contribution is -2.34. The van der Waals surface area contributed by atoms with Crippen LogP contribution in [0.5, 0.6) is 5.75 Å². The SMILES string of the molecule is Cc1cccc(OC(C)CNC(=O)c2c(C)coc2CC(=O)O)c1. The summed E-state index contributed by atoms with van der Waals surface area (Å²) in [4.78, 5) is 23.2. The van der Waals surface area contributed by atoms with E-state index in [9.17, 15) is 9.59 Å². The highest BCUT2D eigenvalue weighted by atomic mass is 16.5. The van der Waals surface area contributed by atoms with E-state index >= 15 is 0 Å². The molecule has 6 heteroatoms. The second-order valence-corrected chi connectivity index (χ2v) is 5.74. The summed E-state index contributed by atoms with van der Waals surface area (Å²) in [6, 6.07) is 7.66. The zero-order valence-corrected chi connectivity index (χ0v) is 14.0. The van der Waals surface area contributed by atoms with Gasteiger partial charge in [0, 0.05) is 5.56 Å². The standard InChI is InChI=1S/C18H21NO5/c1-11-5-4-6-14(7-11)24-13(3)9-19-18(22)17-12(2)10-23-15(17)8-16(20)21/h4-7,10,13H,8-9H2,1-3H3,(H,19,22)(H,20,21). The third kappa shape index (κ3) is 4.62. The first kappa shape index (κ1) is 17.6. The largest absolute Gasteiger partial charge is 0.489 e. The van der Waals surface area contributed by atoms with Crippen LogP contribution in [-0.2, 0) is 11.2 Å². The summed E-state index contributed by atoms with van der Waals surface area (Å²) in [6.45, 7) is 5.83. The molecule has 1 amide bonds. The summed E-state index contributed by atoms with van der Waals surface area (Å²) < 4.78 is 10.9. The third-order valence-electron chi connectivity index (χ3n) is 3.47. The molecule has 1 unspecified atom stereocenters. The maximum Gasteiger partial charge on any atom is 0.311 e. The van der Waals surface area contributed by atoms with Gasteiger partial charge in [0.2, 0.25) is 0 Å². The van der Waals surface area contributed by atoms with E-state index in [0.29, 0.717) is 12.1 Å². The van der Waals surface area contributed by atoms with Gasteiger partial charge < -0.3 is 19.6 Å². The molecule has 1 aromatic carbocycles.